The van der Waals surface area contributed by atoms with E-state index in [0.717, 1.165) is 5.56 Å². The maximum Gasteiger partial charge on any atom is 0.303 e. The van der Waals surface area contributed by atoms with Gasteiger partial charge in [0.25, 0.3) is 0 Å². The topological polar surface area (TPSA) is 75.6 Å². The van der Waals surface area contributed by atoms with Crippen LogP contribution in [0.5, 0.6) is 5.75 Å². The molecule has 1 atom stereocenters. The Balaban J connectivity index is 2.11. The van der Waals surface area contributed by atoms with E-state index in [-0.39, 0.29) is 25.2 Å². The Morgan fingerprint density at radius 3 is 2.56 bits per heavy atom. The van der Waals surface area contributed by atoms with E-state index in [9.17, 15) is 14.0 Å². The molecule has 0 bridgehead atoms. The van der Waals surface area contributed by atoms with Crippen molar-refractivity contribution in [2.24, 2.45) is 0 Å². The predicted octanol–water partition coefficient (Wildman–Crippen LogP) is 3.10. The molecular weight excluding hydrogens is 325 g/mol. The molecule has 0 aliphatic rings. The first kappa shape index (κ1) is 18.4. The van der Waals surface area contributed by atoms with Gasteiger partial charge >= 0.3 is 5.97 Å². The number of methoxy groups -OCH3 is 1. The molecular formula is C19H20FNO4. The van der Waals surface area contributed by atoms with Gasteiger partial charge in [-0.1, -0.05) is 30.3 Å². The van der Waals surface area contributed by atoms with E-state index in [1.165, 1.54) is 25.3 Å². The van der Waals surface area contributed by atoms with E-state index in [1.54, 1.807) is 0 Å². The first-order valence-corrected chi connectivity index (χ1v) is 7.88. The highest BCUT2D eigenvalue weighted by atomic mass is 19.1. The van der Waals surface area contributed by atoms with Crippen molar-refractivity contribution in [2.75, 3.05) is 7.11 Å². The second-order valence-corrected chi connectivity index (χ2v) is 5.60. The standard InChI is InChI=1S/C19H20FNO4/c1-25-17-9-7-15(20)11-14(17)12-18(22)21-16(8-10-19(23)24)13-5-3-2-4-6-13/h2-7,9,11,16H,8,10,12H2,1H3,(H,21,22)(H,23,24). The summed E-state index contributed by atoms with van der Waals surface area (Å²) in [5.41, 5.74) is 1.26. The molecule has 0 saturated heterocycles. The number of rotatable bonds is 8. The maximum atomic E-state index is 13.4. The first-order chi connectivity index (χ1) is 12.0. The summed E-state index contributed by atoms with van der Waals surface area (Å²) in [6.07, 6.45) is 0.145. The number of nitrogens with one attached hydrogen (secondary N) is 1. The Hall–Kier alpha value is -2.89. The molecule has 0 fully saturated rings. The predicted molar refractivity (Wildman–Crippen MR) is 90.9 cm³/mol. The van der Waals surface area contributed by atoms with Crippen LogP contribution in [0.1, 0.15) is 30.0 Å². The number of benzene rings is 2. The molecule has 2 N–H and O–H groups in total. The third kappa shape index (κ3) is 5.60. The van der Waals surface area contributed by atoms with Crippen LogP contribution >= 0.6 is 0 Å². The molecule has 0 heterocycles. The lowest BCUT2D eigenvalue weighted by Gasteiger charge is -2.19. The Morgan fingerprint density at radius 1 is 1.20 bits per heavy atom. The van der Waals surface area contributed by atoms with Crippen molar-refractivity contribution in [3.8, 4) is 5.75 Å². The number of carbonyl (C=O) groups excluding carboxylic acids is 1. The molecule has 2 aromatic carbocycles. The quantitative estimate of drug-likeness (QED) is 0.771. The van der Waals surface area contributed by atoms with Gasteiger partial charge in [0.1, 0.15) is 11.6 Å². The summed E-state index contributed by atoms with van der Waals surface area (Å²) < 4.78 is 18.6. The summed E-state index contributed by atoms with van der Waals surface area (Å²) in [5, 5.41) is 11.7. The smallest absolute Gasteiger partial charge is 0.303 e. The highest BCUT2D eigenvalue weighted by Gasteiger charge is 2.17. The zero-order valence-electron chi connectivity index (χ0n) is 13.9. The Bertz CT molecular complexity index is 733. The van der Waals surface area contributed by atoms with Crippen LogP contribution in [0.3, 0.4) is 0 Å². The Kier molecular flexibility index (Phi) is 6.51. The van der Waals surface area contributed by atoms with Crippen LogP contribution in [0.2, 0.25) is 0 Å². The minimum atomic E-state index is -0.929. The van der Waals surface area contributed by atoms with Gasteiger partial charge in [-0.15, -0.1) is 0 Å². The van der Waals surface area contributed by atoms with Crippen LogP contribution in [-0.4, -0.2) is 24.1 Å². The summed E-state index contributed by atoms with van der Waals surface area (Å²) in [7, 11) is 1.45. The summed E-state index contributed by atoms with van der Waals surface area (Å²) in [6.45, 7) is 0. The van der Waals surface area contributed by atoms with E-state index < -0.39 is 17.8 Å². The number of aliphatic carboxylic acids is 1. The van der Waals surface area contributed by atoms with Gasteiger partial charge in [-0.2, -0.15) is 0 Å². The van der Waals surface area contributed by atoms with Crippen molar-refractivity contribution < 1.29 is 23.8 Å². The number of ether oxygens (including phenoxy) is 1. The lowest BCUT2D eigenvalue weighted by Crippen LogP contribution is -2.30. The second kappa shape index (κ2) is 8.82. The average Bonchev–Trinajstić information content (AvgIpc) is 2.59. The van der Waals surface area contributed by atoms with Crippen molar-refractivity contribution in [1.29, 1.82) is 0 Å². The molecule has 25 heavy (non-hydrogen) atoms. The third-order valence-electron chi connectivity index (χ3n) is 3.78. The highest BCUT2D eigenvalue weighted by Crippen LogP contribution is 2.22. The van der Waals surface area contributed by atoms with Gasteiger partial charge in [0, 0.05) is 12.0 Å². The van der Waals surface area contributed by atoms with Gasteiger partial charge in [-0.25, -0.2) is 4.39 Å². The SMILES string of the molecule is COc1ccc(F)cc1CC(=O)NC(CCC(=O)O)c1ccccc1. The number of amides is 1. The molecule has 6 heteroatoms. The van der Waals surface area contributed by atoms with Crippen LogP contribution in [-0.2, 0) is 16.0 Å². The lowest BCUT2D eigenvalue weighted by molar-refractivity contribution is -0.137. The average molecular weight is 345 g/mol. The third-order valence-corrected chi connectivity index (χ3v) is 3.78. The van der Waals surface area contributed by atoms with Crippen LogP contribution in [0.4, 0.5) is 4.39 Å². The Labute approximate surface area is 145 Å². The lowest BCUT2D eigenvalue weighted by atomic mass is 10.0. The van der Waals surface area contributed by atoms with Crippen molar-refractivity contribution >= 4 is 11.9 Å². The molecule has 0 aliphatic heterocycles. The zero-order valence-corrected chi connectivity index (χ0v) is 13.9. The van der Waals surface area contributed by atoms with Gasteiger partial charge < -0.3 is 15.2 Å². The van der Waals surface area contributed by atoms with Crippen molar-refractivity contribution in [3.05, 3.63) is 65.5 Å². The van der Waals surface area contributed by atoms with Crippen molar-refractivity contribution in [3.63, 3.8) is 0 Å². The molecule has 1 unspecified atom stereocenters. The van der Waals surface area contributed by atoms with Crippen LogP contribution in [0.15, 0.2) is 48.5 Å². The first-order valence-electron chi connectivity index (χ1n) is 7.88. The fraction of sp³-hybridized carbons (Fsp3) is 0.263. The van der Waals surface area contributed by atoms with Gasteiger partial charge in [-0.3, -0.25) is 9.59 Å². The largest absolute Gasteiger partial charge is 0.496 e. The number of carboxylic acids is 1. The fourth-order valence-corrected chi connectivity index (χ4v) is 2.58. The summed E-state index contributed by atoms with van der Waals surface area (Å²) in [5.74, 6) is -1.28. The number of carbonyl (C=O) groups is 2. The monoisotopic (exact) mass is 345 g/mol. The Morgan fingerprint density at radius 2 is 1.92 bits per heavy atom. The second-order valence-electron chi connectivity index (χ2n) is 5.60. The molecule has 2 rings (SSSR count). The maximum absolute atomic E-state index is 13.4. The number of hydrogen-bond donors (Lipinski definition) is 2. The van der Waals surface area contributed by atoms with Gasteiger partial charge in [0.15, 0.2) is 0 Å². The van der Waals surface area contributed by atoms with Crippen molar-refractivity contribution in [1.82, 2.24) is 5.32 Å². The molecule has 132 valence electrons. The molecule has 5 nitrogen and oxygen atoms in total. The molecule has 2 aromatic rings. The molecule has 0 saturated carbocycles. The van der Waals surface area contributed by atoms with Gasteiger partial charge in [0.2, 0.25) is 5.91 Å². The van der Waals surface area contributed by atoms with Crippen LogP contribution in [0, 0.1) is 5.82 Å². The molecule has 0 spiro atoms. The van der Waals surface area contributed by atoms with Gasteiger partial charge in [-0.05, 0) is 30.2 Å². The summed E-state index contributed by atoms with van der Waals surface area (Å²) in [6, 6.07) is 12.7. The minimum absolute atomic E-state index is 0.0582. The van der Waals surface area contributed by atoms with E-state index in [2.05, 4.69) is 5.32 Å². The fourth-order valence-electron chi connectivity index (χ4n) is 2.58. The molecule has 0 aromatic heterocycles. The number of carboxylic acid groups (broad SMARTS) is 1. The van der Waals surface area contributed by atoms with Crippen LogP contribution in [0.25, 0.3) is 0 Å². The number of halogens is 1. The van der Waals surface area contributed by atoms with Crippen LogP contribution < -0.4 is 10.1 Å². The van der Waals surface area contributed by atoms with Crippen molar-refractivity contribution in [2.45, 2.75) is 25.3 Å². The zero-order chi connectivity index (χ0) is 18.2. The molecule has 0 radical (unpaired) electrons. The van der Waals surface area contributed by atoms with E-state index >= 15 is 0 Å². The minimum Gasteiger partial charge on any atom is -0.496 e. The van der Waals surface area contributed by atoms with E-state index in [0.29, 0.717) is 11.3 Å². The molecule has 0 aliphatic carbocycles. The summed E-state index contributed by atoms with van der Waals surface area (Å²) in [4.78, 5) is 23.2. The molecule has 1 amide bonds. The van der Waals surface area contributed by atoms with E-state index in [1.807, 2.05) is 30.3 Å². The number of hydrogen-bond acceptors (Lipinski definition) is 3. The normalized spacial score (nSPS) is 11.6. The van der Waals surface area contributed by atoms with Gasteiger partial charge in [0.05, 0.1) is 19.6 Å². The highest BCUT2D eigenvalue weighted by molar-refractivity contribution is 5.80. The summed E-state index contributed by atoms with van der Waals surface area (Å²) >= 11 is 0. The van der Waals surface area contributed by atoms with E-state index in [4.69, 9.17) is 9.84 Å².